The lowest BCUT2D eigenvalue weighted by atomic mass is 10.2. The van der Waals surface area contributed by atoms with E-state index in [1.54, 1.807) is 43.0 Å². The molecule has 2 aromatic carbocycles. The number of benzene rings is 2. The second kappa shape index (κ2) is 9.84. The summed E-state index contributed by atoms with van der Waals surface area (Å²) in [4.78, 5) is 24.8. The van der Waals surface area contributed by atoms with Crippen LogP contribution in [0.1, 0.15) is 34.2 Å². The zero-order valence-electron chi connectivity index (χ0n) is 18.1. The van der Waals surface area contributed by atoms with Gasteiger partial charge in [0.15, 0.2) is 6.10 Å². The molecular weight excluding hydrogens is 394 g/mol. The van der Waals surface area contributed by atoms with Crippen molar-refractivity contribution in [2.75, 3.05) is 12.5 Å². The van der Waals surface area contributed by atoms with Crippen molar-refractivity contribution < 1.29 is 19.1 Å². The van der Waals surface area contributed by atoms with E-state index in [0.717, 1.165) is 22.7 Å². The van der Waals surface area contributed by atoms with Crippen molar-refractivity contribution in [1.29, 1.82) is 0 Å². The van der Waals surface area contributed by atoms with Gasteiger partial charge in [-0.1, -0.05) is 12.1 Å². The van der Waals surface area contributed by atoms with Crippen molar-refractivity contribution in [3.05, 3.63) is 83.2 Å². The first-order valence-corrected chi connectivity index (χ1v) is 10.0. The van der Waals surface area contributed by atoms with Crippen molar-refractivity contribution in [3.8, 4) is 11.5 Å². The van der Waals surface area contributed by atoms with Gasteiger partial charge in [-0.2, -0.15) is 0 Å². The van der Waals surface area contributed by atoms with Crippen LogP contribution in [0.15, 0.2) is 60.7 Å². The molecule has 0 aliphatic rings. The van der Waals surface area contributed by atoms with E-state index in [9.17, 15) is 9.59 Å². The Morgan fingerprint density at radius 1 is 0.903 bits per heavy atom. The number of aromatic nitrogens is 1. The van der Waals surface area contributed by atoms with E-state index in [0.29, 0.717) is 17.9 Å². The fraction of sp³-hybridized carbons (Fsp3) is 0.250. The number of nitrogens with zero attached hydrogens (tertiary/aromatic N) is 1. The lowest BCUT2D eigenvalue weighted by Gasteiger charge is -2.15. The van der Waals surface area contributed by atoms with Gasteiger partial charge in [-0.15, -0.1) is 0 Å². The molecule has 3 rings (SSSR count). The summed E-state index contributed by atoms with van der Waals surface area (Å²) in [5.74, 6) is 0.829. The smallest absolute Gasteiger partial charge is 0.270 e. The summed E-state index contributed by atoms with van der Waals surface area (Å²) < 4.78 is 12.6. The number of nitrogens with one attached hydrogen (secondary N) is 2. The third kappa shape index (κ3) is 5.66. The average molecular weight is 421 g/mol. The van der Waals surface area contributed by atoms with Crippen LogP contribution in [0.3, 0.4) is 0 Å². The highest BCUT2D eigenvalue weighted by atomic mass is 16.5. The van der Waals surface area contributed by atoms with Gasteiger partial charge in [0.2, 0.25) is 0 Å². The molecule has 0 saturated carbocycles. The minimum Gasteiger partial charge on any atom is -0.497 e. The van der Waals surface area contributed by atoms with E-state index < -0.39 is 6.10 Å². The number of amides is 2. The van der Waals surface area contributed by atoms with E-state index >= 15 is 0 Å². The summed E-state index contributed by atoms with van der Waals surface area (Å²) >= 11 is 0. The van der Waals surface area contributed by atoms with E-state index in [2.05, 4.69) is 10.7 Å². The molecule has 0 fully saturated rings. The van der Waals surface area contributed by atoms with Crippen molar-refractivity contribution >= 4 is 11.8 Å². The third-order valence-electron chi connectivity index (χ3n) is 4.91. The summed E-state index contributed by atoms with van der Waals surface area (Å²) in [7, 11) is 1.61. The predicted molar refractivity (Wildman–Crippen MR) is 119 cm³/mol. The van der Waals surface area contributed by atoms with E-state index in [1.165, 1.54) is 0 Å². The Morgan fingerprint density at radius 3 is 2.06 bits per heavy atom. The van der Waals surface area contributed by atoms with Crippen LogP contribution in [0.2, 0.25) is 0 Å². The highest BCUT2D eigenvalue weighted by molar-refractivity contribution is 6.00. The molecule has 7 heteroatoms. The summed E-state index contributed by atoms with van der Waals surface area (Å²) in [6, 6.07) is 18.0. The van der Waals surface area contributed by atoms with Crippen LogP contribution in [-0.2, 0) is 11.3 Å². The second-order valence-electron chi connectivity index (χ2n) is 7.24. The topological polar surface area (TPSA) is 81.6 Å². The van der Waals surface area contributed by atoms with Crippen LogP contribution < -0.4 is 20.2 Å². The van der Waals surface area contributed by atoms with Gasteiger partial charge in [-0.3, -0.25) is 19.7 Å². The predicted octanol–water partition coefficient (Wildman–Crippen LogP) is 3.58. The quantitative estimate of drug-likeness (QED) is 0.583. The van der Waals surface area contributed by atoms with Crippen molar-refractivity contribution in [2.45, 2.75) is 33.4 Å². The molecule has 0 bridgehead atoms. The Hall–Kier alpha value is -3.74. The Kier molecular flexibility index (Phi) is 6.97. The molecule has 0 saturated heterocycles. The molecule has 1 aromatic heterocycles. The first-order chi connectivity index (χ1) is 14.9. The summed E-state index contributed by atoms with van der Waals surface area (Å²) in [5, 5.41) is 2.85. The molecule has 0 aliphatic carbocycles. The van der Waals surface area contributed by atoms with Crippen LogP contribution in [-0.4, -0.2) is 29.7 Å². The Balaban J connectivity index is 1.52. The second-order valence-corrected chi connectivity index (χ2v) is 7.24. The fourth-order valence-corrected chi connectivity index (χ4v) is 3.03. The molecule has 1 atom stereocenters. The highest BCUT2D eigenvalue weighted by Crippen LogP contribution is 2.15. The number of aryl methyl sites for hydroxylation is 2. The largest absolute Gasteiger partial charge is 0.497 e. The highest BCUT2D eigenvalue weighted by Gasteiger charge is 2.15. The number of carbonyl (C=O) groups is 2. The molecule has 3 aromatic rings. The van der Waals surface area contributed by atoms with Gasteiger partial charge < -0.3 is 14.8 Å². The molecule has 7 nitrogen and oxygen atoms in total. The number of carbonyl (C=O) groups excluding carboxylic acids is 2. The van der Waals surface area contributed by atoms with Gasteiger partial charge in [0.1, 0.15) is 11.5 Å². The lowest BCUT2D eigenvalue weighted by molar-refractivity contribution is -0.127. The molecule has 31 heavy (non-hydrogen) atoms. The van der Waals surface area contributed by atoms with Gasteiger partial charge in [-0.05, 0) is 74.9 Å². The Morgan fingerprint density at radius 2 is 1.48 bits per heavy atom. The monoisotopic (exact) mass is 421 g/mol. The standard InChI is InChI=1S/C24H27N3O4/c1-16-5-6-17(2)27(16)26-24(29)20-9-13-22(14-10-20)31-18(3)23(28)25-15-19-7-11-21(30-4)12-8-19/h5-14,18H,15H2,1-4H3,(H,25,28)(H,26,29)/t18-/m1/s1. The minimum absolute atomic E-state index is 0.223. The number of ether oxygens (including phenoxy) is 2. The van der Waals surface area contributed by atoms with Crippen LogP contribution in [0.25, 0.3) is 0 Å². The maximum atomic E-state index is 12.5. The van der Waals surface area contributed by atoms with Crippen LogP contribution in [0.5, 0.6) is 11.5 Å². The van der Waals surface area contributed by atoms with Crippen molar-refractivity contribution in [2.24, 2.45) is 0 Å². The first-order valence-electron chi connectivity index (χ1n) is 10.0. The molecular formula is C24H27N3O4. The molecule has 2 N–H and O–H groups in total. The van der Waals surface area contributed by atoms with Gasteiger partial charge in [0.05, 0.1) is 7.11 Å². The van der Waals surface area contributed by atoms with Gasteiger partial charge in [-0.25, -0.2) is 0 Å². The number of methoxy groups -OCH3 is 1. The number of hydrogen-bond donors (Lipinski definition) is 2. The zero-order valence-corrected chi connectivity index (χ0v) is 18.1. The van der Waals surface area contributed by atoms with Crippen molar-refractivity contribution in [3.63, 3.8) is 0 Å². The molecule has 0 aliphatic heterocycles. The van der Waals surface area contributed by atoms with E-state index in [-0.39, 0.29) is 11.8 Å². The minimum atomic E-state index is -0.678. The third-order valence-corrected chi connectivity index (χ3v) is 4.91. The number of hydrogen-bond acceptors (Lipinski definition) is 4. The molecule has 2 amide bonds. The zero-order chi connectivity index (χ0) is 22.4. The average Bonchev–Trinajstić information content (AvgIpc) is 3.10. The lowest BCUT2D eigenvalue weighted by Crippen LogP contribution is -2.35. The maximum absolute atomic E-state index is 12.5. The SMILES string of the molecule is COc1ccc(CNC(=O)[C@@H](C)Oc2ccc(C(=O)Nn3c(C)ccc3C)cc2)cc1. The first kappa shape index (κ1) is 22.0. The van der Waals surface area contributed by atoms with E-state index in [1.807, 2.05) is 50.2 Å². The fourth-order valence-electron chi connectivity index (χ4n) is 3.03. The number of rotatable bonds is 8. The van der Waals surface area contributed by atoms with E-state index in [4.69, 9.17) is 9.47 Å². The summed E-state index contributed by atoms with van der Waals surface area (Å²) in [5.41, 5.74) is 6.21. The van der Waals surface area contributed by atoms with Gasteiger partial charge in [0, 0.05) is 23.5 Å². The Labute approximate surface area is 182 Å². The van der Waals surface area contributed by atoms with Crippen LogP contribution in [0, 0.1) is 13.8 Å². The summed E-state index contributed by atoms with van der Waals surface area (Å²) in [6.45, 7) is 5.92. The molecule has 0 radical (unpaired) electrons. The Bertz CT molecular complexity index is 1020. The molecule has 0 unspecified atom stereocenters. The van der Waals surface area contributed by atoms with Gasteiger partial charge in [0.25, 0.3) is 11.8 Å². The van der Waals surface area contributed by atoms with Crippen LogP contribution >= 0.6 is 0 Å². The van der Waals surface area contributed by atoms with Gasteiger partial charge >= 0.3 is 0 Å². The van der Waals surface area contributed by atoms with Crippen molar-refractivity contribution in [1.82, 2.24) is 9.99 Å². The molecule has 1 heterocycles. The summed E-state index contributed by atoms with van der Waals surface area (Å²) in [6.07, 6.45) is -0.678. The molecule has 162 valence electrons. The van der Waals surface area contributed by atoms with Crippen LogP contribution in [0.4, 0.5) is 0 Å². The molecule has 0 spiro atoms. The maximum Gasteiger partial charge on any atom is 0.270 e. The normalized spacial score (nSPS) is 11.5.